The topological polar surface area (TPSA) is 38.7 Å². The summed E-state index contributed by atoms with van der Waals surface area (Å²) in [4.78, 5) is 0. The second kappa shape index (κ2) is 7.27. The summed E-state index contributed by atoms with van der Waals surface area (Å²) in [5.74, 6) is -0.618. The van der Waals surface area contributed by atoms with Crippen molar-refractivity contribution in [3.05, 3.63) is 12.7 Å². The lowest BCUT2D eigenvalue weighted by atomic mass is 10.0. The highest BCUT2D eigenvalue weighted by Gasteiger charge is 2.42. The second-order valence-electron chi connectivity index (χ2n) is 5.57. The molecular weight excluding hydrogens is 228 g/mol. The molecule has 0 saturated carbocycles. The van der Waals surface area contributed by atoms with Gasteiger partial charge in [0, 0.05) is 0 Å². The summed E-state index contributed by atoms with van der Waals surface area (Å²) in [6, 6.07) is 0. The summed E-state index contributed by atoms with van der Waals surface area (Å²) < 4.78 is 11.4. The Labute approximate surface area is 111 Å². The Morgan fingerprint density at radius 2 is 1.89 bits per heavy atom. The number of unbranched alkanes of at least 4 members (excludes halogenated alkanes) is 4. The normalized spacial score (nSPS) is 28.2. The molecular formula is C15H28O3. The van der Waals surface area contributed by atoms with E-state index in [1.807, 2.05) is 13.8 Å². The highest BCUT2D eigenvalue weighted by Crippen LogP contribution is 2.31. The molecule has 1 heterocycles. The molecule has 3 nitrogen and oxygen atoms in total. The average molecular weight is 256 g/mol. The quantitative estimate of drug-likeness (QED) is 0.534. The van der Waals surface area contributed by atoms with Crippen LogP contribution in [0.2, 0.25) is 0 Å². The summed E-state index contributed by atoms with van der Waals surface area (Å²) in [5.41, 5.74) is 0. The van der Waals surface area contributed by atoms with Crippen LogP contribution in [0.25, 0.3) is 0 Å². The lowest BCUT2D eigenvalue weighted by molar-refractivity contribution is -0.153. The van der Waals surface area contributed by atoms with Gasteiger partial charge in [0.1, 0.15) is 12.2 Å². The number of ether oxygens (including phenoxy) is 2. The molecule has 0 radical (unpaired) electrons. The maximum absolute atomic E-state index is 10.2. The summed E-state index contributed by atoms with van der Waals surface area (Å²) in [6.07, 6.45) is 7.56. The number of hydrogen-bond donors (Lipinski definition) is 1. The maximum Gasteiger partial charge on any atom is 0.164 e. The lowest BCUT2D eigenvalue weighted by Gasteiger charge is -2.21. The van der Waals surface area contributed by atoms with Crippen LogP contribution >= 0.6 is 0 Å². The summed E-state index contributed by atoms with van der Waals surface area (Å²) in [7, 11) is 0. The van der Waals surface area contributed by atoms with Gasteiger partial charge in [0.2, 0.25) is 0 Å². The molecule has 1 aliphatic rings. The zero-order chi connectivity index (χ0) is 13.6. The van der Waals surface area contributed by atoms with Gasteiger partial charge in [0.15, 0.2) is 5.79 Å². The summed E-state index contributed by atoms with van der Waals surface area (Å²) >= 11 is 0. The molecule has 0 amide bonds. The third-order valence-corrected chi connectivity index (χ3v) is 3.38. The van der Waals surface area contributed by atoms with Crippen molar-refractivity contribution in [2.75, 3.05) is 0 Å². The average Bonchev–Trinajstić information content (AvgIpc) is 2.64. The number of aliphatic hydroxyl groups is 1. The predicted octanol–water partition coefficient (Wildman–Crippen LogP) is 3.41. The van der Waals surface area contributed by atoms with Crippen molar-refractivity contribution < 1.29 is 14.6 Å². The van der Waals surface area contributed by atoms with Crippen molar-refractivity contribution in [2.24, 2.45) is 0 Å². The van der Waals surface area contributed by atoms with Crippen LogP contribution in [-0.4, -0.2) is 29.2 Å². The van der Waals surface area contributed by atoms with Crippen LogP contribution in [0.4, 0.5) is 0 Å². The first-order chi connectivity index (χ1) is 8.50. The zero-order valence-corrected chi connectivity index (χ0v) is 12.0. The van der Waals surface area contributed by atoms with Crippen molar-refractivity contribution >= 4 is 0 Å². The predicted molar refractivity (Wildman–Crippen MR) is 73.4 cm³/mol. The van der Waals surface area contributed by atoms with Gasteiger partial charge in [0.05, 0.1) is 6.10 Å². The first-order valence-corrected chi connectivity index (χ1v) is 7.16. The van der Waals surface area contributed by atoms with Crippen LogP contribution in [0.3, 0.4) is 0 Å². The van der Waals surface area contributed by atoms with E-state index in [2.05, 4.69) is 13.5 Å². The fourth-order valence-corrected chi connectivity index (χ4v) is 2.42. The maximum atomic E-state index is 10.2. The minimum Gasteiger partial charge on any atom is -0.390 e. The van der Waals surface area contributed by atoms with Gasteiger partial charge in [-0.1, -0.05) is 45.1 Å². The van der Waals surface area contributed by atoms with Gasteiger partial charge in [-0.25, -0.2) is 0 Å². The van der Waals surface area contributed by atoms with Crippen LogP contribution in [0, 0.1) is 0 Å². The molecule has 0 unspecified atom stereocenters. The number of rotatable bonds is 8. The molecule has 3 atom stereocenters. The minimum absolute atomic E-state index is 0.203. The molecule has 1 saturated heterocycles. The largest absolute Gasteiger partial charge is 0.390 e. The molecule has 0 aromatic heterocycles. The van der Waals surface area contributed by atoms with E-state index >= 15 is 0 Å². The zero-order valence-electron chi connectivity index (χ0n) is 12.0. The van der Waals surface area contributed by atoms with Gasteiger partial charge in [-0.05, 0) is 20.3 Å². The Kier molecular flexibility index (Phi) is 6.33. The SMILES string of the molecule is C=C[C@@H]1OC(C)(C)O[C@@H]1[C@H](O)CCCCCCC. The Bertz CT molecular complexity index is 250. The van der Waals surface area contributed by atoms with Crippen molar-refractivity contribution in [2.45, 2.75) is 83.4 Å². The Balaban J connectivity index is 2.32. The molecule has 0 aromatic rings. The van der Waals surface area contributed by atoms with E-state index in [1.165, 1.54) is 25.7 Å². The second-order valence-corrected chi connectivity index (χ2v) is 5.57. The van der Waals surface area contributed by atoms with Crippen LogP contribution in [-0.2, 0) is 9.47 Å². The monoisotopic (exact) mass is 256 g/mol. The van der Waals surface area contributed by atoms with Crippen LogP contribution in [0.1, 0.15) is 59.3 Å². The van der Waals surface area contributed by atoms with E-state index < -0.39 is 11.9 Å². The van der Waals surface area contributed by atoms with Gasteiger partial charge >= 0.3 is 0 Å². The molecule has 1 N–H and O–H groups in total. The first-order valence-electron chi connectivity index (χ1n) is 7.16. The van der Waals surface area contributed by atoms with E-state index in [0.717, 1.165) is 12.8 Å². The van der Waals surface area contributed by atoms with Crippen LogP contribution in [0.5, 0.6) is 0 Å². The van der Waals surface area contributed by atoms with Crippen molar-refractivity contribution in [3.8, 4) is 0 Å². The van der Waals surface area contributed by atoms with E-state index in [1.54, 1.807) is 6.08 Å². The molecule has 0 aromatic carbocycles. The Hall–Kier alpha value is -0.380. The van der Waals surface area contributed by atoms with Crippen molar-refractivity contribution in [1.29, 1.82) is 0 Å². The molecule has 106 valence electrons. The lowest BCUT2D eigenvalue weighted by Crippen LogP contribution is -2.34. The molecule has 3 heteroatoms. The van der Waals surface area contributed by atoms with E-state index in [9.17, 15) is 5.11 Å². The molecule has 18 heavy (non-hydrogen) atoms. The molecule has 1 aliphatic heterocycles. The first kappa shape index (κ1) is 15.7. The Morgan fingerprint density at radius 1 is 1.22 bits per heavy atom. The van der Waals surface area contributed by atoms with Gasteiger partial charge in [-0.15, -0.1) is 6.58 Å². The minimum atomic E-state index is -0.618. The third kappa shape index (κ3) is 4.71. The van der Waals surface area contributed by atoms with E-state index in [0.29, 0.717) is 0 Å². The number of hydrogen-bond acceptors (Lipinski definition) is 3. The van der Waals surface area contributed by atoms with E-state index in [-0.39, 0.29) is 12.2 Å². The fourth-order valence-electron chi connectivity index (χ4n) is 2.42. The highest BCUT2D eigenvalue weighted by atomic mass is 16.8. The number of aliphatic hydroxyl groups excluding tert-OH is 1. The van der Waals surface area contributed by atoms with E-state index in [4.69, 9.17) is 9.47 Å². The molecule has 1 fully saturated rings. The van der Waals surface area contributed by atoms with Crippen molar-refractivity contribution in [3.63, 3.8) is 0 Å². The molecule has 1 rings (SSSR count). The van der Waals surface area contributed by atoms with Crippen LogP contribution in [0.15, 0.2) is 12.7 Å². The summed E-state index contributed by atoms with van der Waals surface area (Å²) in [6.45, 7) is 9.69. The van der Waals surface area contributed by atoms with Gasteiger partial charge < -0.3 is 14.6 Å². The standard InChI is InChI=1S/C15H28O3/c1-5-7-8-9-10-11-12(16)14-13(6-2)17-15(3,4)18-14/h6,12-14,16H,2,5,7-11H2,1,3-4H3/t12-,13+,14-/m1/s1. The highest BCUT2D eigenvalue weighted by molar-refractivity contribution is 4.96. The van der Waals surface area contributed by atoms with Crippen LogP contribution < -0.4 is 0 Å². The van der Waals surface area contributed by atoms with Gasteiger partial charge in [-0.3, -0.25) is 0 Å². The van der Waals surface area contributed by atoms with Gasteiger partial charge in [-0.2, -0.15) is 0 Å². The molecule has 0 bridgehead atoms. The Morgan fingerprint density at radius 3 is 2.50 bits per heavy atom. The molecule has 0 aliphatic carbocycles. The fraction of sp³-hybridized carbons (Fsp3) is 0.867. The van der Waals surface area contributed by atoms with Gasteiger partial charge in [0.25, 0.3) is 0 Å². The smallest absolute Gasteiger partial charge is 0.164 e. The molecule has 0 spiro atoms. The third-order valence-electron chi connectivity index (χ3n) is 3.38. The van der Waals surface area contributed by atoms with Crippen molar-refractivity contribution in [1.82, 2.24) is 0 Å². The summed E-state index contributed by atoms with van der Waals surface area (Å²) in [5, 5.41) is 10.2.